The van der Waals surface area contributed by atoms with Gasteiger partial charge in [0.25, 0.3) is 0 Å². The lowest BCUT2D eigenvalue weighted by Crippen LogP contribution is -2.10. The fourth-order valence-electron chi connectivity index (χ4n) is 1.96. The van der Waals surface area contributed by atoms with Crippen molar-refractivity contribution in [3.8, 4) is 11.5 Å². The first-order valence-electron chi connectivity index (χ1n) is 7.02. The van der Waals surface area contributed by atoms with Crippen LogP contribution in [0.5, 0.6) is 11.5 Å². The molecule has 0 aliphatic heterocycles. The van der Waals surface area contributed by atoms with E-state index in [-0.39, 0.29) is 11.9 Å². The van der Waals surface area contributed by atoms with Gasteiger partial charge in [0.05, 0.1) is 13.2 Å². The van der Waals surface area contributed by atoms with Crippen LogP contribution in [0.2, 0.25) is 0 Å². The van der Waals surface area contributed by atoms with Gasteiger partial charge in [-0.2, -0.15) is 0 Å². The molecule has 0 aliphatic rings. The molecule has 0 heterocycles. The summed E-state index contributed by atoms with van der Waals surface area (Å²) in [5.41, 5.74) is 6.65. The maximum atomic E-state index is 13.3. The van der Waals surface area contributed by atoms with Crippen molar-refractivity contribution in [1.29, 1.82) is 0 Å². The van der Waals surface area contributed by atoms with Gasteiger partial charge in [-0.05, 0) is 25.1 Å². The fraction of sp³-hybridized carbons (Fsp3) is 0.294. The van der Waals surface area contributed by atoms with Crippen molar-refractivity contribution in [1.82, 2.24) is 0 Å². The zero-order valence-corrected chi connectivity index (χ0v) is 12.1. The molecule has 2 aromatic rings. The van der Waals surface area contributed by atoms with Crippen molar-refractivity contribution in [2.75, 3.05) is 13.2 Å². The molecule has 3 nitrogen and oxygen atoms in total. The molecule has 0 radical (unpaired) electrons. The summed E-state index contributed by atoms with van der Waals surface area (Å²) in [5, 5.41) is 0. The Morgan fingerprint density at radius 2 is 1.76 bits per heavy atom. The predicted molar refractivity (Wildman–Crippen MR) is 81.1 cm³/mol. The molecule has 0 saturated heterocycles. The topological polar surface area (TPSA) is 44.5 Å². The normalized spacial score (nSPS) is 12.0. The lowest BCUT2D eigenvalue weighted by molar-refractivity contribution is 0.245. The Hall–Kier alpha value is -2.07. The van der Waals surface area contributed by atoms with Crippen molar-refractivity contribution in [2.45, 2.75) is 19.4 Å². The van der Waals surface area contributed by atoms with Gasteiger partial charge in [-0.25, -0.2) is 4.39 Å². The van der Waals surface area contributed by atoms with Crippen LogP contribution in [-0.4, -0.2) is 13.2 Å². The third kappa shape index (κ3) is 4.76. The minimum atomic E-state index is -0.324. The van der Waals surface area contributed by atoms with E-state index >= 15 is 0 Å². The van der Waals surface area contributed by atoms with Crippen LogP contribution in [0.1, 0.15) is 24.9 Å². The standard InChI is InChI=1S/C17H20FNO2/c1-13(19)16-9-8-14(18)12-17(16)21-11-5-10-20-15-6-3-2-4-7-15/h2-4,6-9,12-13H,5,10-11,19H2,1H3/t13-/m1/s1. The highest BCUT2D eigenvalue weighted by Crippen LogP contribution is 2.24. The Labute approximate surface area is 124 Å². The summed E-state index contributed by atoms with van der Waals surface area (Å²) in [7, 11) is 0. The second-order valence-electron chi connectivity index (χ2n) is 4.83. The van der Waals surface area contributed by atoms with E-state index in [1.54, 1.807) is 6.07 Å². The molecule has 4 heteroatoms. The maximum absolute atomic E-state index is 13.3. The quantitative estimate of drug-likeness (QED) is 0.791. The Balaban J connectivity index is 1.79. The van der Waals surface area contributed by atoms with Crippen molar-refractivity contribution >= 4 is 0 Å². The summed E-state index contributed by atoms with van der Waals surface area (Å²) < 4.78 is 24.4. The zero-order valence-electron chi connectivity index (χ0n) is 12.1. The zero-order chi connectivity index (χ0) is 15.1. The maximum Gasteiger partial charge on any atom is 0.126 e. The summed E-state index contributed by atoms with van der Waals surface area (Å²) in [6, 6.07) is 13.8. The van der Waals surface area contributed by atoms with Crippen molar-refractivity contribution in [3.05, 3.63) is 59.9 Å². The summed E-state index contributed by atoms with van der Waals surface area (Å²) in [5.74, 6) is 1.01. The third-order valence-corrected chi connectivity index (χ3v) is 3.02. The molecular formula is C17H20FNO2. The van der Waals surface area contributed by atoms with Gasteiger partial charge < -0.3 is 15.2 Å². The van der Waals surface area contributed by atoms with Gasteiger partial charge in [0, 0.05) is 24.1 Å². The average molecular weight is 289 g/mol. The molecule has 0 aliphatic carbocycles. The monoisotopic (exact) mass is 289 g/mol. The van der Waals surface area contributed by atoms with Crippen LogP contribution in [0.4, 0.5) is 4.39 Å². The molecule has 0 spiro atoms. The number of hydrogen-bond donors (Lipinski definition) is 1. The molecule has 0 bridgehead atoms. The largest absolute Gasteiger partial charge is 0.493 e. The first-order chi connectivity index (χ1) is 10.2. The Morgan fingerprint density at radius 1 is 1.05 bits per heavy atom. The second-order valence-corrected chi connectivity index (χ2v) is 4.83. The number of nitrogens with two attached hydrogens (primary N) is 1. The molecule has 0 amide bonds. The van der Waals surface area contributed by atoms with E-state index < -0.39 is 0 Å². The van der Waals surface area contributed by atoms with E-state index in [9.17, 15) is 4.39 Å². The number of halogens is 1. The average Bonchev–Trinajstić information content (AvgIpc) is 2.48. The van der Waals surface area contributed by atoms with Gasteiger partial charge in [-0.15, -0.1) is 0 Å². The molecule has 2 N–H and O–H groups in total. The van der Waals surface area contributed by atoms with Gasteiger partial charge in [0.2, 0.25) is 0 Å². The van der Waals surface area contributed by atoms with Gasteiger partial charge in [-0.1, -0.05) is 24.3 Å². The van der Waals surface area contributed by atoms with E-state index in [0.717, 1.165) is 11.3 Å². The summed E-state index contributed by atoms with van der Waals surface area (Å²) >= 11 is 0. The Morgan fingerprint density at radius 3 is 2.48 bits per heavy atom. The molecular weight excluding hydrogens is 269 g/mol. The molecule has 0 saturated carbocycles. The summed E-state index contributed by atoms with van der Waals surface area (Å²) in [6.45, 7) is 2.85. The lowest BCUT2D eigenvalue weighted by atomic mass is 10.1. The molecule has 21 heavy (non-hydrogen) atoms. The van der Waals surface area contributed by atoms with Gasteiger partial charge in [0.1, 0.15) is 17.3 Å². The van der Waals surface area contributed by atoms with Crippen LogP contribution in [0, 0.1) is 5.82 Å². The van der Waals surface area contributed by atoms with Crippen LogP contribution in [-0.2, 0) is 0 Å². The smallest absolute Gasteiger partial charge is 0.126 e. The second kappa shape index (κ2) is 7.64. The predicted octanol–water partition coefficient (Wildman–Crippen LogP) is 3.69. The molecule has 0 unspecified atom stereocenters. The summed E-state index contributed by atoms with van der Waals surface area (Å²) in [4.78, 5) is 0. The molecule has 2 rings (SSSR count). The van der Waals surface area contributed by atoms with Crippen LogP contribution in [0.3, 0.4) is 0 Å². The lowest BCUT2D eigenvalue weighted by Gasteiger charge is -2.14. The van der Waals surface area contributed by atoms with E-state index in [0.29, 0.717) is 25.4 Å². The molecule has 0 aromatic heterocycles. The van der Waals surface area contributed by atoms with E-state index in [1.807, 2.05) is 37.3 Å². The van der Waals surface area contributed by atoms with Gasteiger partial charge >= 0.3 is 0 Å². The number of ether oxygens (including phenoxy) is 2. The van der Waals surface area contributed by atoms with Crippen molar-refractivity contribution in [2.24, 2.45) is 5.73 Å². The van der Waals surface area contributed by atoms with E-state index in [2.05, 4.69) is 0 Å². The van der Waals surface area contributed by atoms with Gasteiger partial charge in [0.15, 0.2) is 0 Å². The van der Waals surface area contributed by atoms with Crippen LogP contribution < -0.4 is 15.2 Å². The van der Waals surface area contributed by atoms with Crippen LogP contribution in [0.15, 0.2) is 48.5 Å². The third-order valence-electron chi connectivity index (χ3n) is 3.02. The van der Waals surface area contributed by atoms with Crippen molar-refractivity contribution in [3.63, 3.8) is 0 Å². The highest BCUT2D eigenvalue weighted by Gasteiger charge is 2.09. The SMILES string of the molecule is C[C@@H](N)c1ccc(F)cc1OCCCOc1ccccc1. The highest BCUT2D eigenvalue weighted by molar-refractivity contribution is 5.36. The molecule has 1 atom stereocenters. The minimum Gasteiger partial charge on any atom is -0.493 e. The first kappa shape index (κ1) is 15.3. The van der Waals surface area contributed by atoms with Crippen LogP contribution in [0.25, 0.3) is 0 Å². The number of benzene rings is 2. The highest BCUT2D eigenvalue weighted by atomic mass is 19.1. The Kier molecular flexibility index (Phi) is 5.58. The minimum absolute atomic E-state index is 0.193. The molecule has 0 fully saturated rings. The molecule has 112 valence electrons. The summed E-state index contributed by atoms with van der Waals surface area (Å²) in [6.07, 6.45) is 0.712. The fourth-order valence-corrected chi connectivity index (χ4v) is 1.96. The first-order valence-corrected chi connectivity index (χ1v) is 7.02. The van der Waals surface area contributed by atoms with Gasteiger partial charge in [-0.3, -0.25) is 0 Å². The molecule has 2 aromatic carbocycles. The van der Waals surface area contributed by atoms with Crippen molar-refractivity contribution < 1.29 is 13.9 Å². The van der Waals surface area contributed by atoms with E-state index in [1.165, 1.54) is 12.1 Å². The number of rotatable bonds is 7. The number of para-hydroxylation sites is 1. The number of hydrogen-bond acceptors (Lipinski definition) is 3. The van der Waals surface area contributed by atoms with E-state index in [4.69, 9.17) is 15.2 Å². The Bertz CT molecular complexity index is 558. The van der Waals surface area contributed by atoms with Crippen LogP contribution >= 0.6 is 0 Å².